The van der Waals surface area contributed by atoms with Crippen LogP contribution >= 0.6 is 23.1 Å². The van der Waals surface area contributed by atoms with Crippen molar-refractivity contribution in [3.05, 3.63) is 5.51 Å². The molecular weight excluding hydrogens is 250 g/mol. The van der Waals surface area contributed by atoms with Crippen molar-refractivity contribution in [3.8, 4) is 0 Å². The molecule has 3 nitrogen and oxygen atoms in total. The molecule has 1 aromatic heterocycles. The molecule has 0 aliphatic heterocycles. The van der Waals surface area contributed by atoms with Crippen LogP contribution in [0.5, 0.6) is 0 Å². The summed E-state index contributed by atoms with van der Waals surface area (Å²) < 4.78 is 1.09. The molecule has 5 heteroatoms. The van der Waals surface area contributed by atoms with E-state index in [-0.39, 0.29) is 0 Å². The molecule has 1 rings (SSSR count). The fourth-order valence-corrected chi connectivity index (χ4v) is 3.77. The molecule has 0 spiro atoms. The van der Waals surface area contributed by atoms with Gasteiger partial charge < -0.3 is 5.32 Å². The SMILES string of the molecule is CCCNC(CCC)C(CC)Sc1nncs1. The molecule has 0 saturated heterocycles. The Morgan fingerprint density at radius 2 is 2.18 bits per heavy atom. The molecule has 0 aliphatic rings. The van der Waals surface area contributed by atoms with Crippen molar-refractivity contribution in [3.63, 3.8) is 0 Å². The van der Waals surface area contributed by atoms with Gasteiger partial charge in [0.1, 0.15) is 5.51 Å². The maximum atomic E-state index is 4.13. The summed E-state index contributed by atoms with van der Waals surface area (Å²) in [4.78, 5) is 0. The van der Waals surface area contributed by atoms with Crippen LogP contribution in [-0.2, 0) is 0 Å². The van der Waals surface area contributed by atoms with Gasteiger partial charge in [0, 0.05) is 11.3 Å². The van der Waals surface area contributed by atoms with Gasteiger partial charge in [-0.05, 0) is 25.8 Å². The van der Waals surface area contributed by atoms with Crippen molar-refractivity contribution in [2.24, 2.45) is 0 Å². The van der Waals surface area contributed by atoms with Crippen molar-refractivity contribution >= 4 is 23.1 Å². The smallest absolute Gasteiger partial charge is 0.174 e. The van der Waals surface area contributed by atoms with Gasteiger partial charge in [-0.2, -0.15) is 0 Å². The first-order valence-corrected chi connectivity index (χ1v) is 8.23. The summed E-state index contributed by atoms with van der Waals surface area (Å²) in [5.74, 6) is 0. The minimum atomic E-state index is 0.596. The van der Waals surface area contributed by atoms with Crippen LogP contribution in [0.3, 0.4) is 0 Å². The van der Waals surface area contributed by atoms with Crippen molar-refractivity contribution in [2.45, 2.75) is 62.1 Å². The predicted molar refractivity (Wildman–Crippen MR) is 76.8 cm³/mol. The van der Waals surface area contributed by atoms with Crippen molar-refractivity contribution in [1.29, 1.82) is 0 Å². The average molecular weight is 273 g/mol. The van der Waals surface area contributed by atoms with Crippen molar-refractivity contribution in [2.75, 3.05) is 6.54 Å². The monoisotopic (exact) mass is 273 g/mol. The van der Waals surface area contributed by atoms with E-state index >= 15 is 0 Å². The highest BCUT2D eigenvalue weighted by Gasteiger charge is 2.20. The highest BCUT2D eigenvalue weighted by Crippen LogP contribution is 2.29. The first kappa shape index (κ1) is 14.9. The maximum Gasteiger partial charge on any atom is 0.174 e. The summed E-state index contributed by atoms with van der Waals surface area (Å²) in [6.07, 6.45) is 4.84. The molecule has 1 heterocycles. The molecule has 98 valence electrons. The van der Waals surface area contributed by atoms with Gasteiger partial charge in [0.15, 0.2) is 4.34 Å². The Bertz CT molecular complexity index is 277. The van der Waals surface area contributed by atoms with Crippen LogP contribution in [0.2, 0.25) is 0 Å². The Morgan fingerprint density at radius 1 is 1.35 bits per heavy atom. The summed E-state index contributed by atoms with van der Waals surface area (Å²) in [5.41, 5.74) is 1.81. The molecule has 1 N–H and O–H groups in total. The number of nitrogens with zero attached hydrogens (tertiary/aromatic N) is 2. The topological polar surface area (TPSA) is 37.8 Å². The van der Waals surface area contributed by atoms with Gasteiger partial charge in [-0.1, -0.05) is 50.3 Å². The second kappa shape index (κ2) is 8.89. The number of hydrogen-bond acceptors (Lipinski definition) is 5. The number of aromatic nitrogens is 2. The average Bonchev–Trinajstić information content (AvgIpc) is 2.84. The van der Waals surface area contributed by atoms with Gasteiger partial charge in [0.05, 0.1) is 0 Å². The van der Waals surface area contributed by atoms with Gasteiger partial charge in [0.2, 0.25) is 0 Å². The maximum absolute atomic E-state index is 4.13. The summed E-state index contributed by atoms with van der Waals surface area (Å²) in [6.45, 7) is 7.84. The summed E-state index contributed by atoms with van der Waals surface area (Å²) in [7, 11) is 0. The number of hydrogen-bond donors (Lipinski definition) is 1. The third-order valence-corrected chi connectivity index (χ3v) is 5.01. The van der Waals surface area contributed by atoms with E-state index in [1.807, 2.05) is 17.3 Å². The molecule has 2 unspecified atom stereocenters. The molecule has 0 saturated carbocycles. The molecule has 17 heavy (non-hydrogen) atoms. The molecule has 0 aliphatic carbocycles. The Kier molecular flexibility index (Phi) is 7.81. The van der Waals surface area contributed by atoms with Crippen LogP contribution in [0.15, 0.2) is 9.85 Å². The van der Waals surface area contributed by atoms with Crippen LogP contribution in [0.25, 0.3) is 0 Å². The normalized spacial score (nSPS) is 14.8. The van der Waals surface area contributed by atoms with E-state index < -0.39 is 0 Å². The van der Waals surface area contributed by atoms with E-state index in [1.54, 1.807) is 11.3 Å². The Labute approximate surface area is 113 Å². The first-order valence-electron chi connectivity index (χ1n) is 6.47. The minimum absolute atomic E-state index is 0.596. The van der Waals surface area contributed by atoms with Gasteiger partial charge >= 0.3 is 0 Å². The quantitative estimate of drug-likeness (QED) is 0.698. The van der Waals surface area contributed by atoms with Crippen LogP contribution in [0.4, 0.5) is 0 Å². The van der Waals surface area contributed by atoms with Crippen molar-refractivity contribution in [1.82, 2.24) is 15.5 Å². The van der Waals surface area contributed by atoms with Crippen molar-refractivity contribution < 1.29 is 0 Å². The Morgan fingerprint density at radius 3 is 2.71 bits per heavy atom. The Hall–Kier alpha value is -0.130. The molecule has 1 aromatic rings. The largest absolute Gasteiger partial charge is 0.313 e. The highest BCUT2D eigenvalue weighted by atomic mass is 32.2. The summed E-state index contributed by atoms with van der Waals surface area (Å²) in [5, 5.41) is 12.3. The summed E-state index contributed by atoms with van der Waals surface area (Å²) >= 11 is 3.52. The lowest BCUT2D eigenvalue weighted by Gasteiger charge is -2.25. The second-order valence-corrected chi connectivity index (χ2v) is 6.44. The molecule has 0 radical (unpaired) electrons. The van der Waals surface area contributed by atoms with Gasteiger partial charge in [-0.15, -0.1) is 10.2 Å². The van der Waals surface area contributed by atoms with Crippen LogP contribution in [0.1, 0.15) is 46.5 Å². The number of nitrogens with one attached hydrogen (secondary N) is 1. The molecule has 0 fully saturated rings. The summed E-state index contributed by atoms with van der Waals surface area (Å²) in [6, 6.07) is 0.596. The standard InChI is InChI=1S/C12H23N3S2/c1-4-7-10(13-8-5-2)11(6-3)17-12-15-14-9-16-12/h9-11,13H,4-8H2,1-3H3. The van der Waals surface area contributed by atoms with E-state index in [0.717, 1.165) is 10.9 Å². The number of rotatable bonds is 9. The van der Waals surface area contributed by atoms with Crippen LogP contribution in [0, 0.1) is 0 Å². The fourth-order valence-electron chi connectivity index (χ4n) is 1.85. The Balaban J connectivity index is 2.53. The molecule has 0 bridgehead atoms. The van der Waals surface area contributed by atoms with E-state index in [0.29, 0.717) is 11.3 Å². The van der Waals surface area contributed by atoms with E-state index in [2.05, 4.69) is 36.3 Å². The first-order chi connectivity index (χ1) is 8.31. The molecular formula is C12H23N3S2. The molecule has 0 aromatic carbocycles. The van der Waals surface area contributed by atoms with Gasteiger partial charge in [0.25, 0.3) is 0 Å². The van der Waals surface area contributed by atoms with E-state index in [4.69, 9.17) is 0 Å². The highest BCUT2D eigenvalue weighted by molar-refractivity contribution is 8.01. The zero-order valence-corrected chi connectivity index (χ0v) is 12.6. The van der Waals surface area contributed by atoms with Gasteiger partial charge in [-0.25, -0.2) is 0 Å². The lowest BCUT2D eigenvalue weighted by atomic mass is 10.1. The third-order valence-electron chi connectivity index (χ3n) is 2.70. The zero-order chi connectivity index (χ0) is 12.5. The van der Waals surface area contributed by atoms with Crippen LogP contribution in [-0.4, -0.2) is 28.0 Å². The van der Waals surface area contributed by atoms with Crippen LogP contribution < -0.4 is 5.32 Å². The molecule has 0 amide bonds. The number of thioether (sulfide) groups is 1. The predicted octanol–water partition coefficient (Wildman–Crippen LogP) is 3.58. The minimum Gasteiger partial charge on any atom is -0.313 e. The lowest BCUT2D eigenvalue weighted by molar-refractivity contribution is 0.454. The van der Waals surface area contributed by atoms with E-state index in [9.17, 15) is 0 Å². The molecule has 2 atom stereocenters. The third kappa shape index (κ3) is 5.36. The second-order valence-electron chi connectivity index (χ2n) is 4.12. The fraction of sp³-hybridized carbons (Fsp3) is 0.833. The lowest BCUT2D eigenvalue weighted by Crippen LogP contribution is -2.38. The van der Waals surface area contributed by atoms with Gasteiger partial charge in [-0.3, -0.25) is 0 Å². The zero-order valence-electron chi connectivity index (χ0n) is 11.0. The van der Waals surface area contributed by atoms with E-state index in [1.165, 1.54) is 25.7 Å².